The summed E-state index contributed by atoms with van der Waals surface area (Å²) in [6.45, 7) is 1.40. The Labute approximate surface area is 154 Å². The van der Waals surface area contributed by atoms with Gasteiger partial charge in [-0.1, -0.05) is 11.6 Å². The van der Waals surface area contributed by atoms with Crippen LogP contribution < -0.4 is 15.7 Å². The van der Waals surface area contributed by atoms with Crippen LogP contribution in [0.25, 0.3) is 11.0 Å². The predicted molar refractivity (Wildman–Crippen MR) is 99.7 cm³/mol. The van der Waals surface area contributed by atoms with Gasteiger partial charge < -0.3 is 19.6 Å². The van der Waals surface area contributed by atoms with E-state index in [4.69, 9.17) is 20.8 Å². The molecule has 6 nitrogen and oxygen atoms in total. The normalized spacial score (nSPS) is 12.2. The summed E-state index contributed by atoms with van der Waals surface area (Å²) in [6.07, 6.45) is 2.63. The Morgan fingerprint density at radius 2 is 2.20 bits per heavy atom. The lowest BCUT2D eigenvalue weighted by Crippen LogP contribution is -2.40. The largest absolute Gasteiger partial charge is 0.482 e. The second kappa shape index (κ2) is 9.12. The molecule has 0 aliphatic rings. The zero-order valence-corrected chi connectivity index (χ0v) is 15.6. The quantitative estimate of drug-likeness (QED) is 0.678. The molecule has 0 aliphatic heterocycles. The molecule has 0 saturated heterocycles. The molecule has 1 aromatic carbocycles. The van der Waals surface area contributed by atoms with Crippen LogP contribution in [0.5, 0.6) is 5.75 Å². The number of nitrogens with one attached hydrogen (secondary N) is 1. The van der Waals surface area contributed by atoms with Gasteiger partial charge in [0, 0.05) is 17.5 Å². The fraction of sp³-hybridized carbons (Fsp3) is 0.412. The second-order valence-corrected chi connectivity index (χ2v) is 6.94. The van der Waals surface area contributed by atoms with Gasteiger partial charge >= 0.3 is 5.63 Å². The number of thioether (sulfide) groups is 1. The summed E-state index contributed by atoms with van der Waals surface area (Å²) >= 11 is 7.82. The number of carbonyl (C=O) groups excluding carboxylic acids is 1. The average Bonchev–Trinajstić information content (AvgIpc) is 2.57. The van der Waals surface area contributed by atoms with E-state index in [1.807, 2.05) is 6.26 Å². The summed E-state index contributed by atoms with van der Waals surface area (Å²) < 4.78 is 10.6. The number of ether oxygens (including phenoxy) is 1. The molecule has 0 spiro atoms. The molecule has 0 unspecified atom stereocenters. The van der Waals surface area contributed by atoms with Crippen LogP contribution in [0.4, 0.5) is 0 Å². The topological polar surface area (TPSA) is 88.8 Å². The number of amides is 1. The second-order valence-electron chi connectivity index (χ2n) is 5.54. The monoisotopic (exact) mass is 385 g/mol. The van der Waals surface area contributed by atoms with Gasteiger partial charge in [0.05, 0.1) is 17.7 Å². The lowest BCUT2D eigenvalue weighted by Gasteiger charge is -2.16. The van der Waals surface area contributed by atoms with E-state index in [1.54, 1.807) is 24.8 Å². The molecule has 0 saturated carbocycles. The molecule has 0 aliphatic carbocycles. The third-order valence-electron chi connectivity index (χ3n) is 3.62. The molecular formula is C17H20ClNO5S. The summed E-state index contributed by atoms with van der Waals surface area (Å²) in [7, 11) is 0. The molecule has 25 heavy (non-hydrogen) atoms. The number of aliphatic hydroxyl groups is 1. The maximum absolute atomic E-state index is 12.0. The van der Waals surface area contributed by atoms with Crippen molar-refractivity contribution in [3.8, 4) is 5.75 Å². The molecule has 1 amide bonds. The first-order valence-corrected chi connectivity index (χ1v) is 9.47. The van der Waals surface area contributed by atoms with Gasteiger partial charge in [-0.2, -0.15) is 11.8 Å². The minimum atomic E-state index is -0.462. The molecule has 1 aromatic heterocycles. The zero-order chi connectivity index (χ0) is 18.4. The fourth-order valence-electron chi connectivity index (χ4n) is 2.31. The molecule has 136 valence electrons. The lowest BCUT2D eigenvalue weighted by atomic mass is 10.1. The Morgan fingerprint density at radius 1 is 1.44 bits per heavy atom. The molecule has 1 atom stereocenters. The van der Waals surface area contributed by atoms with Crippen LogP contribution in [-0.2, 0) is 4.79 Å². The summed E-state index contributed by atoms with van der Waals surface area (Å²) in [5, 5.41) is 13.0. The third kappa shape index (κ3) is 5.39. The first-order valence-electron chi connectivity index (χ1n) is 7.70. The Hall–Kier alpha value is -1.70. The maximum atomic E-state index is 12.0. The molecule has 8 heteroatoms. The summed E-state index contributed by atoms with van der Waals surface area (Å²) in [4.78, 5) is 23.4. The molecule has 2 rings (SSSR count). The third-order valence-corrected chi connectivity index (χ3v) is 4.56. The van der Waals surface area contributed by atoms with E-state index >= 15 is 0 Å². The number of carbonyl (C=O) groups is 1. The summed E-state index contributed by atoms with van der Waals surface area (Å²) in [5.74, 6) is 0.728. The van der Waals surface area contributed by atoms with Crippen molar-refractivity contribution in [2.75, 3.05) is 25.2 Å². The molecule has 2 N–H and O–H groups in total. The highest BCUT2D eigenvalue weighted by molar-refractivity contribution is 7.98. The van der Waals surface area contributed by atoms with Crippen molar-refractivity contribution in [2.45, 2.75) is 19.4 Å². The zero-order valence-electron chi connectivity index (χ0n) is 14.0. The molecule has 0 radical (unpaired) electrons. The van der Waals surface area contributed by atoms with E-state index in [0.29, 0.717) is 22.4 Å². The van der Waals surface area contributed by atoms with Crippen LogP contribution in [0, 0.1) is 6.92 Å². The molecule has 0 fully saturated rings. The highest BCUT2D eigenvalue weighted by atomic mass is 35.5. The number of aliphatic hydroxyl groups excluding tert-OH is 1. The van der Waals surface area contributed by atoms with E-state index in [-0.39, 0.29) is 30.9 Å². The van der Waals surface area contributed by atoms with E-state index in [1.165, 1.54) is 12.1 Å². The standard InChI is InChI=1S/C17H20ClNO5S/c1-10-5-17(22)24-14-7-15(13(18)6-12(10)14)23-9-16(21)19-11(8-20)3-4-25-2/h5-7,11,20H,3-4,8-9H2,1-2H3,(H,19,21)/t11-/m1/s1. The first kappa shape index (κ1) is 19.6. The SMILES string of the molecule is CSCC[C@H](CO)NC(=O)COc1cc2oc(=O)cc(C)c2cc1Cl. The van der Waals surface area contributed by atoms with Crippen molar-refractivity contribution in [3.63, 3.8) is 0 Å². The van der Waals surface area contributed by atoms with Gasteiger partial charge in [-0.05, 0) is 37.0 Å². The summed E-state index contributed by atoms with van der Waals surface area (Å²) in [6, 6.07) is 4.21. The van der Waals surface area contributed by atoms with E-state index < -0.39 is 5.63 Å². The number of benzene rings is 1. The first-order chi connectivity index (χ1) is 11.9. The number of aryl methyl sites for hydroxylation is 1. The van der Waals surface area contributed by atoms with E-state index in [2.05, 4.69) is 5.32 Å². The van der Waals surface area contributed by atoms with Crippen LogP contribution in [0.15, 0.2) is 27.4 Å². The number of halogens is 1. The minimum absolute atomic E-state index is 0.131. The van der Waals surface area contributed by atoms with Crippen molar-refractivity contribution in [3.05, 3.63) is 39.2 Å². The van der Waals surface area contributed by atoms with Crippen LogP contribution >= 0.6 is 23.4 Å². The van der Waals surface area contributed by atoms with Gasteiger partial charge in [0.25, 0.3) is 5.91 Å². The predicted octanol–water partition coefficient (Wildman–Crippen LogP) is 2.36. The highest BCUT2D eigenvalue weighted by Gasteiger charge is 2.14. The van der Waals surface area contributed by atoms with Gasteiger partial charge in [-0.3, -0.25) is 4.79 Å². The summed E-state index contributed by atoms with van der Waals surface area (Å²) in [5.41, 5.74) is 0.630. The Bertz CT molecular complexity index is 807. The van der Waals surface area contributed by atoms with Crippen LogP contribution in [0.1, 0.15) is 12.0 Å². The Balaban J connectivity index is 2.06. The van der Waals surface area contributed by atoms with Crippen molar-refractivity contribution in [1.29, 1.82) is 0 Å². The van der Waals surface area contributed by atoms with Crippen molar-refractivity contribution >= 4 is 40.2 Å². The Kier molecular flexibility index (Phi) is 7.16. The molecule has 0 bridgehead atoms. The average molecular weight is 386 g/mol. The smallest absolute Gasteiger partial charge is 0.336 e. The van der Waals surface area contributed by atoms with Crippen molar-refractivity contribution in [2.24, 2.45) is 0 Å². The maximum Gasteiger partial charge on any atom is 0.336 e. The number of fused-ring (bicyclic) bond motifs is 1. The van der Waals surface area contributed by atoms with E-state index in [0.717, 1.165) is 11.3 Å². The Morgan fingerprint density at radius 3 is 2.88 bits per heavy atom. The van der Waals surface area contributed by atoms with Crippen LogP contribution in [0.3, 0.4) is 0 Å². The number of hydrogen-bond acceptors (Lipinski definition) is 6. The fourth-order valence-corrected chi connectivity index (χ4v) is 3.05. The van der Waals surface area contributed by atoms with Crippen LogP contribution in [-0.4, -0.2) is 42.3 Å². The minimum Gasteiger partial charge on any atom is -0.482 e. The highest BCUT2D eigenvalue weighted by Crippen LogP contribution is 2.30. The molecule has 2 aromatic rings. The van der Waals surface area contributed by atoms with Crippen molar-refractivity contribution in [1.82, 2.24) is 5.32 Å². The van der Waals surface area contributed by atoms with Gasteiger partial charge in [-0.15, -0.1) is 0 Å². The van der Waals surface area contributed by atoms with Gasteiger partial charge in [0.1, 0.15) is 11.3 Å². The van der Waals surface area contributed by atoms with Crippen LogP contribution in [0.2, 0.25) is 5.02 Å². The van der Waals surface area contributed by atoms with Crippen molar-refractivity contribution < 1.29 is 19.1 Å². The van der Waals surface area contributed by atoms with Gasteiger partial charge in [-0.25, -0.2) is 4.79 Å². The lowest BCUT2D eigenvalue weighted by molar-refractivity contribution is -0.124. The molecule has 1 heterocycles. The van der Waals surface area contributed by atoms with Gasteiger partial charge in [0.15, 0.2) is 6.61 Å². The number of hydrogen-bond donors (Lipinski definition) is 2. The van der Waals surface area contributed by atoms with Gasteiger partial charge in [0.2, 0.25) is 0 Å². The van der Waals surface area contributed by atoms with E-state index in [9.17, 15) is 14.7 Å². The molecular weight excluding hydrogens is 366 g/mol. The number of rotatable bonds is 8.